The summed E-state index contributed by atoms with van der Waals surface area (Å²) in [6.45, 7) is 3.55. The number of aromatic amines is 2. The molecule has 2 unspecified atom stereocenters. The lowest BCUT2D eigenvalue weighted by Crippen LogP contribution is -2.35. The minimum Gasteiger partial charge on any atom is -0.491 e. The highest BCUT2D eigenvalue weighted by Gasteiger charge is 2.34. The van der Waals surface area contributed by atoms with Gasteiger partial charge in [-0.3, -0.25) is 4.79 Å². The van der Waals surface area contributed by atoms with Crippen LogP contribution in [0, 0.1) is 5.92 Å². The number of fused-ring (bicyclic) bond motifs is 2. The average molecular weight is 458 g/mol. The van der Waals surface area contributed by atoms with Crippen LogP contribution in [-0.2, 0) is 6.42 Å². The zero-order valence-corrected chi connectivity index (χ0v) is 19.1. The third-order valence-corrected chi connectivity index (χ3v) is 7.34. The van der Waals surface area contributed by atoms with Crippen molar-refractivity contribution in [1.29, 1.82) is 0 Å². The standard InChI is InChI=1S/C25H27N7O2/c1-15(20-10-26-12-27-20)17-7-8-18-19(23(17)33)5-2-6-21(18)34-11-16-4-3-9-32(16)25-22-24(29-13-28-22)30-14-31-25/h2,5-6,10,12-17H,3-4,7-9,11H2,1H3,(H,26,27)(H,28,29,30,31)/t15?,16-,17?/m1/s1. The fourth-order valence-corrected chi connectivity index (χ4v) is 5.47. The molecule has 2 N–H and O–H groups in total. The van der Waals surface area contributed by atoms with E-state index in [0.29, 0.717) is 12.3 Å². The lowest BCUT2D eigenvalue weighted by molar-refractivity contribution is 0.0881. The molecule has 3 aromatic heterocycles. The van der Waals surface area contributed by atoms with Crippen molar-refractivity contribution < 1.29 is 9.53 Å². The summed E-state index contributed by atoms with van der Waals surface area (Å²) in [5, 5.41) is 0. The van der Waals surface area contributed by atoms with E-state index >= 15 is 0 Å². The number of H-pyrrole nitrogens is 2. The van der Waals surface area contributed by atoms with E-state index in [2.05, 4.69) is 41.7 Å². The van der Waals surface area contributed by atoms with Crippen molar-refractivity contribution in [2.75, 3.05) is 18.1 Å². The first-order valence-electron chi connectivity index (χ1n) is 11.9. The minimum atomic E-state index is -0.0527. The summed E-state index contributed by atoms with van der Waals surface area (Å²) in [7, 11) is 0. The molecule has 9 nitrogen and oxygen atoms in total. The molecule has 174 valence electrons. The van der Waals surface area contributed by atoms with Crippen molar-refractivity contribution in [2.45, 2.75) is 44.6 Å². The minimum absolute atomic E-state index is 0.0527. The van der Waals surface area contributed by atoms with Gasteiger partial charge in [0, 0.05) is 41.4 Å². The molecule has 3 atom stereocenters. The van der Waals surface area contributed by atoms with Gasteiger partial charge in [0.25, 0.3) is 0 Å². The van der Waals surface area contributed by atoms with Gasteiger partial charge >= 0.3 is 0 Å². The Morgan fingerprint density at radius 3 is 3.00 bits per heavy atom. The van der Waals surface area contributed by atoms with Crippen LogP contribution >= 0.6 is 0 Å². The Labute approximate surface area is 197 Å². The van der Waals surface area contributed by atoms with E-state index in [-0.39, 0.29) is 23.7 Å². The van der Waals surface area contributed by atoms with Crippen molar-refractivity contribution >= 4 is 22.8 Å². The molecule has 0 spiro atoms. The molecule has 1 saturated heterocycles. The number of anilines is 1. The van der Waals surface area contributed by atoms with Crippen LogP contribution in [0.4, 0.5) is 5.82 Å². The number of hydrogen-bond acceptors (Lipinski definition) is 7. The van der Waals surface area contributed by atoms with E-state index in [0.717, 1.165) is 66.1 Å². The monoisotopic (exact) mass is 457 g/mol. The highest BCUT2D eigenvalue weighted by molar-refractivity contribution is 6.01. The number of nitrogens with one attached hydrogen (secondary N) is 2. The van der Waals surface area contributed by atoms with Crippen LogP contribution in [0.15, 0.2) is 43.4 Å². The number of Topliss-reactive ketones (excluding diaryl/α,β-unsaturated/α-hetero) is 1. The molecule has 0 bridgehead atoms. The first kappa shape index (κ1) is 20.8. The van der Waals surface area contributed by atoms with Gasteiger partial charge in [-0.2, -0.15) is 0 Å². The molecule has 2 aliphatic rings. The number of carbonyl (C=O) groups excluding carboxylic acids is 1. The number of carbonyl (C=O) groups is 1. The zero-order chi connectivity index (χ0) is 23.1. The van der Waals surface area contributed by atoms with E-state index < -0.39 is 0 Å². The SMILES string of the molecule is CC(c1cnc[nH]1)C1CCc2c(OC[C@H]3CCCN3c3ncnc4nc[nH]c34)cccc2C1=O. The number of rotatable bonds is 6. The second kappa shape index (κ2) is 8.55. The Morgan fingerprint density at radius 2 is 2.12 bits per heavy atom. The fraction of sp³-hybridized carbons (Fsp3) is 0.400. The molecule has 6 rings (SSSR count). The first-order chi connectivity index (χ1) is 16.7. The first-order valence-corrected chi connectivity index (χ1v) is 11.9. The van der Waals surface area contributed by atoms with Gasteiger partial charge in [-0.15, -0.1) is 0 Å². The average Bonchev–Trinajstić information content (AvgIpc) is 3.64. The molecule has 0 radical (unpaired) electrons. The number of benzene rings is 1. The Bertz CT molecular complexity index is 1320. The van der Waals surface area contributed by atoms with Crippen molar-refractivity contribution in [3.8, 4) is 5.75 Å². The van der Waals surface area contributed by atoms with Crippen LogP contribution in [0.25, 0.3) is 11.2 Å². The zero-order valence-electron chi connectivity index (χ0n) is 19.1. The molecular formula is C25H27N7O2. The molecule has 1 aromatic carbocycles. The molecule has 0 amide bonds. The van der Waals surface area contributed by atoms with Crippen LogP contribution < -0.4 is 9.64 Å². The number of ether oxygens (including phenoxy) is 1. The van der Waals surface area contributed by atoms with E-state index in [4.69, 9.17) is 4.74 Å². The summed E-state index contributed by atoms with van der Waals surface area (Å²) in [6, 6.07) is 6.06. The highest BCUT2D eigenvalue weighted by atomic mass is 16.5. The molecule has 0 saturated carbocycles. The van der Waals surface area contributed by atoms with Crippen LogP contribution in [-0.4, -0.2) is 54.9 Å². The van der Waals surface area contributed by atoms with Gasteiger partial charge < -0.3 is 19.6 Å². The molecule has 9 heteroatoms. The van der Waals surface area contributed by atoms with Crippen molar-refractivity contribution in [3.63, 3.8) is 0 Å². The van der Waals surface area contributed by atoms with Gasteiger partial charge in [0.05, 0.1) is 18.7 Å². The molecule has 34 heavy (non-hydrogen) atoms. The number of ketones is 1. The van der Waals surface area contributed by atoms with Crippen LogP contribution in [0.5, 0.6) is 5.75 Å². The Morgan fingerprint density at radius 1 is 1.18 bits per heavy atom. The third-order valence-electron chi connectivity index (χ3n) is 7.34. The largest absolute Gasteiger partial charge is 0.491 e. The Hall–Kier alpha value is -3.75. The van der Waals surface area contributed by atoms with Crippen LogP contribution in [0.1, 0.15) is 53.7 Å². The van der Waals surface area contributed by atoms with E-state index in [1.807, 2.05) is 24.4 Å². The summed E-state index contributed by atoms with van der Waals surface area (Å²) in [6.07, 6.45) is 10.4. The van der Waals surface area contributed by atoms with Gasteiger partial charge in [0.15, 0.2) is 17.2 Å². The molecule has 1 aliphatic carbocycles. The van der Waals surface area contributed by atoms with Gasteiger partial charge in [0.2, 0.25) is 0 Å². The number of nitrogens with zero attached hydrogens (tertiary/aromatic N) is 5. The molecular weight excluding hydrogens is 430 g/mol. The Balaban J connectivity index is 1.20. The summed E-state index contributed by atoms with van der Waals surface area (Å²) < 4.78 is 6.37. The van der Waals surface area contributed by atoms with Crippen LogP contribution in [0.2, 0.25) is 0 Å². The highest BCUT2D eigenvalue weighted by Crippen LogP contribution is 2.38. The second-order valence-corrected chi connectivity index (χ2v) is 9.19. The lowest BCUT2D eigenvalue weighted by atomic mass is 9.75. The topological polar surface area (TPSA) is 113 Å². The van der Waals surface area contributed by atoms with Crippen molar-refractivity contribution in [2.24, 2.45) is 5.92 Å². The van der Waals surface area contributed by atoms with Crippen LogP contribution in [0.3, 0.4) is 0 Å². The lowest BCUT2D eigenvalue weighted by Gasteiger charge is -2.30. The predicted molar refractivity (Wildman–Crippen MR) is 127 cm³/mol. The third kappa shape index (κ3) is 3.52. The van der Waals surface area contributed by atoms with E-state index in [1.165, 1.54) is 0 Å². The van der Waals surface area contributed by atoms with Gasteiger partial charge in [-0.05, 0) is 31.7 Å². The molecule has 4 heterocycles. The summed E-state index contributed by atoms with van der Waals surface area (Å²) in [4.78, 5) is 39.1. The number of hydrogen-bond donors (Lipinski definition) is 2. The Kier molecular flexibility index (Phi) is 5.24. The normalized spacial score (nSPS) is 21.1. The number of aromatic nitrogens is 6. The van der Waals surface area contributed by atoms with Crippen molar-refractivity contribution in [3.05, 3.63) is 60.2 Å². The predicted octanol–water partition coefficient (Wildman–Crippen LogP) is 3.67. The summed E-state index contributed by atoms with van der Waals surface area (Å²) in [5.74, 6) is 1.93. The maximum atomic E-state index is 13.4. The van der Waals surface area contributed by atoms with Gasteiger partial charge in [-0.1, -0.05) is 19.1 Å². The summed E-state index contributed by atoms with van der Waals surface area (Å²) in [5.41, 5.74) is 4.36. The second-order valence-electron chi connectivity index (χ2n) is 9.19. The summed E-state index contributed by atoms with van der Waals surface area (Å²) >= 11 is 0. The molecule has 1 aliphatic heterocycles. The number of imidazole rings is 2. The smallest absolute Gasteiger partial charge is 0.182 e. The fourth-order valence-electron chi connectivity index (χ4n) is 5.47. The van der Waals surface area contributed by atoms with Crippen molar-refractivity contribution in [1.82, 2.24) is 29.9 Å². The maximum absolute atomic E-state index is 13.4. The van der Waals surface area contributed by atoms with E-state index in [9.17, 15) is 4.79 Å². The quantitative estimate of drug-likeness (QED) is 0.454. The van der Waals surface area contributed by atoms with E-state index in [1.54, 1.807) is 19.0 Å². The molecule has 1 fully saturated rings. The van der Waals surface area contributed by atoms with Gasteiger partial charge in [0.1, 0.15) is 24.2 Å². The molecule has 4 aromatic rings. The maximum Gasteiger partial charge on any atom is 0.182 e. The van der Waals surface area contributed by atoms with Gasteiger partial charge in [-0.25, -0.2) is 19.9 Å².